The van der Waals surface area contributed by atoms with Crippen LogP contribution in [0, 0.1) is 11.2 Å². The first-order valence-corrected chi connectivity index (χ1v) is 15.3. The summed E-state index contributed by atoms with van der Waals surface area (Å²) in [5.74, 6) is -0.874. The third-order valence-corrected chi connectivity index (χ3v) is 8.44. The number of piperidine rings is 1. The minimum Gasteiger partial charge on any atom is -0.350 e. The van der Waals surface area contributed by atoms with E-state index in [4.69, 9.17) is 0 Å². The van der Waals surface area contributed by atoms with E-state index in [0.717, 1.165) is 6.07 Å². The van der Waals surface area contributed by atoms with Crippen LogP contribution in [-0.4, -0.2) is 53.7 Å². The molecule has 3 N–H and O–H groups in total. The van der Waals surface area contributed by atoms with Crippen molar-refractivity contribution in [2.75, 3.05) is 29.8 Å². The molecule has 13 heteroatoms. The Hall–Kier alpha value is -3.97. The SMILES string of the molecule is CC(C)n1c(=O)c(-c2ccc(NS(=O)(=O)Cc3ccccc3)c(F)c2)nc2cnc(N[C@@H]3CNC[C@](C)(CF)C3)nc21. The van der Waals surface area contributed by atoms with Crippen molar-refractivity contribution in [3.05, 3.63) is 76.5 Å². The maximum Gasteiger partial charge on any atom is 0.278 e. The molecule has 0 amide bonds. The molecule has 0 spiro atoms. The van der Waals surface area contributed by atoms with E-state index in [1.807, 2.05) is 20.8 Å². The van der Waals surface area contributed by atoms with Gasteiger partial charge in [0, 0.05) is 36.2 Å². The van der Waals surface area contributed by atoms with Gasteiger partial charge in [-0.05, 0) is 38.0 Å². The van der Waals surface area contributed by atoms with Crippen LogP contribution < -0.4 is 20.9 Å². The Bertz CT molecular complexity index is 1770. The molecular formula is C29H33F2N7O3S. The summed E-state index contributed by atoms with van der Waals surface area (Å²) in [6, 6.07) is 11.9. The Morgan fingerprint density at radius 1 is 1.17 bits per heavy atom. The maximum absolute atomic E-state index is 15.1. The number of nitrogens with zero attached hydrogens (tertiary/aromatic N) is 4. The molecular weight excluding hydrogens is 564 g/mol. The third kappa shape index (κ3) is 6.41. The van der Waals surface area contributed by atoms with Gasteiger partial charge in [0.25, 0.3) is 5.56 Å². The number of benzene rings is 2. The van der Waals surface area contributed by atoms with Gasteiger partial charge in [0.2, 0.25) is 16.0 Å². The molecule has 1 fully saturated rings. The number of fused-ring (bicyclic) bond motifs is 1. The highest BCUT2D eigenvalue weighted by Crippen LogP contribution is 2.28. The first-order chi connectivity index (χ1) is 20.0. The lowest BCUT2D eigenvalue weighted by Gasteiger charge is -2.37. The third-order valence-electron chi connectivity index (χ3n) is 7.19. The quantitative estimate of drug-likeness (QED) is 0.261. The van der Waals surface area contributed by atoms with Gasteiger partial charge >= 0.3 is 0 Å². The van der Waals surface area contributed by atoms with Crippen molar-refractivity contribution in [1.82, 2.24) is 24.8 Å². The second-order valence-corrected chi connectivity index (χ2v) is 13.0. The number of halogens is 2. The Balaban J connectivity index is 1.44. The molecule has 42 heavy (non-hydrogen) atoms. The van der Waals surface area contributed by atoms with Crippen molar-refractivity contribution >= 4 is 32.8 Å². The molecule has 5 rings (SSSR count). The van der Waals surface area contributed by atoms with E-state index in [1.54, 1.807) is 30.3 Å². The Morgan fingerprint density at radius 3 is 2.62 bits per heavy atom. The number of alkyl halides is 1. The van der Waals surface area contributed by atoms with Gasteiger partial charge in [-0.15, -0.1) is 0 Å². The predicted molar refractivity (Wildman–Crippen MR) is 159 cm³/mol. The van der Waals surface area contributed by atoms with Gasteiger partial charge in [-0.3, -0.25) is 18.5 Å². The first kappa shape index (κ1) is 29.5. The highest BCUT2D eigenvalue weighted by molar-refractivity contribution is 7.91. The van der Waals surface area contributed by atoms with Gasteiger partial charge in [0.05, 0.1) is 24.3 Å². The van der Waals surface area contributed by atoms with Crippen LogP contribution in [0.25, 0.3) is 22.4 Å². The zero-order chi connectivity index (χ0) is 30.1. The number of rotatable bonds is 9. The number of anilines is 2. The second-order valence-electron chi connectivity index (χ2n) is 11.3. The fourth-order valence-corrected chi connectivity index (χ4v) is 6.36. The summed E-state index contributed by atoms with van der Waals surface area (Å²) in [5, 5.41) is 6.48. The molecule has 1 aliphatic rings. The summed E-state index contributed by atoms with van der Waals surface area (Å²) in [4.78, 5) is 27.0. The van der Waals surface area contributed by atoms with Crippen LogP contribution in [0.15, 0.2) is 59.5 Å². The molecule has 0 aliphatic carbocycles. The van der Waals surface area contributed by atoms with Crippen molar-refractivity contribution in [2.45, 2.75) is 45.0 Å². The molecule has 4 aromatic rings. The van der Waals surface area contributed by atoms with Crippen molar-refractivity contribution in [1.29, 1.82) is 0 Å². The van der Waals surface area contributed by atoms with Gasteiger partial charge in [-0.2, -0.15) is 4.98 Å². The topological polar surface area (TPSA) is 131 Å². The second kappa shape index (κ2) is 11.7. The monoisotopic (exact) mass is 597 g/mol. The summed E-state index contributed by atoms with van der Waals surface area (Å²) in [5.41, 5.74) is 0.143. The van der Waals surface area contributed by atoms with E-state index >= 15 is 4.39 Å². The number of hydrogen-bond donors (Lipinski definition) is 3. The van der Waals surface area contributed by atoms with Gasteiger partial charge in [-0.1, -0.05) is 43.3 Å². The van der Waals surface area contributed by atoms with Crippen LogP contribution in [0.4, 0.5) is 20.4 Å². The summed E-state index contributed by atoms with van der Waals surface area (Å²) in [6.45, 7) is 6.28. The van der Waals surface area contributed by atoms with Crippen LogP contribution in [-0.2, 0) is 15.8 Å². The van der Waals surface area contributed by atoms with Crippen LogP contribution in [0.1, 0.15) is 38.8 Å². The van der Waals surface area contributed by atoms with Crippen molar-refractivity contribution in [3.63, 3.8) is 0 Å². The van der Waals surface area contributed by atoms with Gasteiger partial charge in [0.1, 0.15) is 17.0 Å². The van der Waals surface area contributed by atoms with E-state index in [2.05, 4.69) is 30.3 Å². The van der Waals surface area contributed by atoms with Crippen LogP contribution in [0.2, 0.25) is 0 Å². The lowest BCUT2D eigenvalue weighted by Crippen LogP contribution is -2.49. The molecule has 0 saturated carbocycles. The van der Waals surface area contributed by atoms with Crippen molar-refractivity contribution in [3.8, 4) is 11.3 Å². The normalized spacial score (nSPS) is 19.2. The fraction of sp³-hybridized carbons (Fsp3) is 0.379. The van der Waals surface area contributed by atoms with Crippen molar-refractivity contribution in [2.24, 2.45) is 5.41 Å². The molecule has 10 nitrogen and oxygen atoms in total. The van der Waals surface area contributed by atoms with Crippen molar-refractivity contribution < 1.29 is 17.2 Å². The van der Waals surface area contributed by atoms with Crippen LogP contribution in [0.5, 0.6) is 0 Å². The summed E-state index contributed by atoms with van der Waals surface area (Å²) < 4.78 is 57.7. The number of hydrogen-bond acceptors (Lipinski definition) is 8. The fourth-order valence-electron chi connectivity index (χ4n) is 5.15. The van der Waals surface area contributed by atoms with Crippen LogP contribution >= 0.6 is 0 Å². The summed E-state index contributed by atoms with van der Waals surface area (Å²) in [6.07, 6.45) is 2.08. The zero-order valence-electron chi connectivity index (χ0n) is 23.6. The van der Waals surface area contributed by atoms with E-state index in [0.29, 0.717) is 42.2 Å². The first-order valence-electron chi connectivity index (χ1n) is 13.6. The molecule has 0 bridgehead atoms. The largest absolute Gasteiger partial charge is 0.350 e. The average molecular weight is 598 g/mol. The number of aromatic nitrogens is 4. The minimum absolute atomic E-state index is 0.0201. The van der Waals surface area contributed by atoms with E-state index in [-0.39, 0.29) is 34.8 Å². The zero-order valence-corrected chi connectivity index (χ0v) is 24.4. The van der Waals surface area contributed by atoms with Crippen LogP contribution in [0.3, 0.4) is 0 Å². The minimum atomic E-state index is -3.88. The molecule has 0 radical (unpaired) electrons. The van der Waals surface area contributed by atoms with E-state index in [1.165, 1.54) is 22.9 Å². The Kier molecular flexibility index (Phi) is 8.24. The molecule has 3 heterocycles. The maximum atomic E-state index is 15.1. The lowest BCUT2D eigenvalue weighted by atomic mass is 9.82. The molecule has 1 saturated heterocycles. The molecule has 2 aromatic heterocycles. The molecule has 222 valence electrons. The highest BCUT2D eigenvalue weighted by Gasteiger charge is 2.32. The Morgan fingerprint density at radius 2 is 1.93 bits per heavy atom. The summed E-state index contributed by atoms with van der Waals surface area (Å²) >= 11 is 0. The molecule has 0 unspecified atom stereocenters. The lowest BCUT2D eigenvalue weighted by molar-refractivity contribution is 0.168. The van der Waals surface area contributed by atoms with Gasteiger partial charge in [0.15, 0.2) is 5.65 Å². The molecule has 1 aliphatic heterocycles. The predicted octanol–water partition coefficient (Wildman–Crippen LogP) is 4.27. The number of nitrogens with one attached hydrogen (secondary N) is 3. The molecule has 2 aromatic carbocycles. The summed E-state index contributed by atoms with van der Waals surface area (Å²) in [7, 11) is -3.88. The average Bonchev–Trinajstić information content (AvgIpc) is 2.94. The smallest absolute Gasteiger partial charge is 0.278 e. The van der Waals surface area contributed by atoms with E-state index in [9.17, 15) is 17.6 Å². The highest BCUT2D eigenvalue weighted by atomic mass is 32.2. The van der Waals surface area contributed by atoms with Gasteiger partial charge < -0.3 is 10.6 Å². The Labute approximate surface area is 242 Å². The number of sulfonamides is 1. The van der Waals surface area contributed by atoms with Gasteiger partial charge in [-0.25, -0.2) is 22.8 Å². The standard InChI is InChI=1S/C29H33F2N7O3S/c1-18(2)38-26-24(14-33-28(36-26)34-21-12-29(3,16-30)17-32-13-21)35-25(27(38)39)20-9-10-23(22(31)11-20)37-42(40,41)15-19-7-5-4-6-8-19/h4-11,14,18,21,32,37H,12-13,15-17H2,1-3H3,(H,33,34,36)/t21-,29-/m0/s1. The van der Waals surface area contributed by atoms with E-state index < -0.39 is 33.5 Å². The molecule has 2 atom stereocenters.